The van der Waals surface area contributed by atoms with Crippen LogP contribution < -0.4 is 11.1 Å². The number of nitrogens with zero attached hydrogens (tertiary/aromatic N) is 1. The maximum atomic E-state index is 9.18. The quantitative estimate of drug-likeness (QED) is 0.701. The van der Waals surface area contributed by atoms with E-state index in [1.165, 1.54) is 0 Å². The number of benzene rings is 1. The highest BCUT2D eigenvalue weighted by Gasteiger charge is 2.27. The summed E-state index contributed by atoms with van der Waals surface area (Å²) in [5, 5.41) is 12.3. The Kier molecular flexibility index (Phi) is 2.40. The smallest absolute Gasteiger partial charge is 0.295 e. The van der Waals surface area contributed by atoms with E-state index in [1.807, 2.05) is 6.07 Å². The Morgan fingerprint density at radius 1 is 1.47 bits per heavy atom. The van der Waals surface area contributed by atoms with E-state index in [4.69, 9.17) is 10.2 Å². The Balaban J connectivity index is 1.68. The molecule has 0 saturated heterocycles. The summed E-state index contributed by atoms with van der Waals surface area (Å²) in [6.45, 7) is 0.791. The summed E-state index contributed by atoms with van der Waals surface area (Å²) in [5.41, 5.74) is 7.85. The largest absolute Gasteiger partial charge is 0.424 e. The Hall–Kier alpha value is -1.75. The first-order valence-corrected chi connectivity index (χ1v) is 5.79. The van der Waals surface area contributed by atoms with Crippen LogP contribution in [0.15, 0.2) is 22.6 Å². The third-order valence-corrected chi connectivity index (χ3v) is 3.16. The Morgan fingerprint density at radius 3 is 3.06 bits per heavy atom. The van der Waals surface area contributed by atoms with Gasteiger partial charge in [0, 0.05) is 12.2 Å². The van der Waals surface area contributed by atoms with Gasteiger partial charge in [0.25, 0.3) is 6.01 Å². The average Bonchev–Trinajstić information content (AvgIpc) is 2.64. The lowest BCUT2D eigenvalue weighted by Crippen LogP contribution is -2.33. The molecule has 1 saturated carbocycles. The average molecular weight is 233 g/mol. The first kappa shape index (κ1) is 10.4. The highest BCUT2D eigenvalue weighted by Crippen LogP contribution is 2.28. The van der Waals surface area contributed by atoms with Crippen molar-refractivity contribution in [1.82, 2.24) is 4.98 Å². The molecular weight excluding hydrogens is 218 g/mol. The Morgan fingerprint density at radius 2 is 2.29 bits per heavy atom. The second kappa shape index (κ2) is 3.92. The number of anilines is 2. The molecule has 1 aliphatic rings. The van der Waals surface area contributed by atoms with Crippen LogP contribution in [-0.2, 0) is 0 Å². The normalized spacial score (nSPS) is 23.6. The molecule has 0 amide bonds. The minimum Gasteiger partial charge on any atom is -0.424 e. The Bertz CT molecular complexity index is 532. The fraction of sp³-hybridized carbons (Fsp3) is 0.417. The van der Waals surface area contributed by atoms with Crippen molar-refractivity contribution in [3.63, 3.8) is 0 Å². The van der Waals surface area contributed by atoms with Gasteiger partial charge in [0.05, 0.1) is 6.10 Å². The van der Waals surface area contributed by atoms with Gasteiger partial charge in [0.1, 0.15) is 5.52 Å². The molecule has 5 nitrogen and oxygen atoms in total. The monoisotopic (exact) mass is 233 g/mol. The second-order valence-corrected chi connectivity index (χ2v) is 4.62. The van der Waals surface area contributed by atoms with Gasteiger partial charge in [-0.2, -0.15) is 4.98 Å². The van der Waals surface area contributed by atoms with Gasteiger partial charge in [-0.1, -0.05) is 0 Å². The van der Waals surface area contributed by atoms with Crippen molar-refractivity contribution in [3.8, 4) is 0 Å². The van der Waals surface area contributed by atoms with Gasteiger partial charge < -0.3 is 20.6 Å². The van der Waals surface area contributed by atoms with E-state index in [2.05, 4.69) is 10.3 Å². The number of aliphatic hydroxyl groups excluding tert-OH is 1. The van der Waals surface area contributed by atoms with Gasteiger partial charge in [0.2, 0.25) is 0 Å². The molecule has 0 atom stereocenters. The molecule has 0 unspecified atom stereocenters. The molecule has 1 heterocycles. The van der Waals surface area contributed by atoms with Gasteiger partial charge in [-0.05, 0) is 37.0 Å². The third kappa shape index (κ3) is 2.06. The Labute approximate surface area is 98.6 Å². The van der Waals surface area contributed by atoms with Crippen molar-refractivity contribution in [1.29, 1.82) is 0 Å². The van der Waals surface area contributed by atoms with Crippen molar-refractivity contribution < 1.29 is 9.52 Å². The molecule has 1 fully saturated rings. The zero-order chi connectivity index (χ0) is 11.8. The van der Waals surface area contributed by atoms with E-state index in [1.54, 1.807) is 12.1 Å². The molecule has 1 aromatic carbocycles. The molecule has 1 aromatic heterocycles. The summed E-state index contributed by atoms with van der Waals surface area (Å²) >= 11 is 0. The van der Waals surface area contributed by atoms with Crippen molar-refractivity contribution in [3.05, 3.63) is 18.2 Å². The summed E-state index contributed by atoms with van der Waals surface area (Å²) in [5.74, 6) is 0.519. The topological polar surface area (TPSA) is 84.3 Å². The van der Waals surface area contributed by atoms with Gasteiger partial charge >= 0.3 is 0 Å². The lowest BCUT2D eigenvalue weighted by molar-refractivity contribution is 0.0485. The fourth-order valence-corrected chi connectivity index (χ4v) is 2.12. The maximum absolute atomic E-state index is 9.18. The van der Waals surface area contributed by atoms with Crippen molar-refractivity contribution in [2.75, 3.05) is 17.6 Å². The molecular formula is C12H15N3O2. The number of aromatic nitrogens is 1. The van der Waals surface area contributed by atoms with Crippen LogP contribution in [0.2, 0.25) is 0 Å². The molecule has 0 radical (unpaired) electrons. The van der Waals surface area contributed by atoms with Crippen LogP contribution in [0.25, 0.3) is 11.1 Å². The van der Waals surface area contributed by atoms with Crippen molar-refractivity contribution >= 4 is 22.8 Å². The van der Waals surface area contributed by atoms with Crippen molar-refractivity contribution in [2.45, 2.75) is 18.9 Å². The number of hydrogen-bond acceptors (Lipinski definition) is 5. The van der Waals surface area contributed by atoms with Crippen LogP contribution in [0.1, 0.15) is 12.8 Å². The van der Waals surface area contributed by atoms with E-state index >= 15 is 0 Å². The highest BCUT2D eigenvalue weighted by atomic mass is 16.4. The van der Waals surface area contributed by atoms with Crippen LogP contribution in [0.5, 0.6) is 0 Å². The van der Waals surface area contributed by atoms with Gasteiger partial charge in [-0.25, -0.2) is 0 Å². The summed E-state index contributed by atoms with van der Waals surface area (Å²) in [7, 11) is 0. The van der Waals surface area contributed by atoms with E-state index in [-0.39, 0.29) is 6.10 Å². The molecule has 1 aliphatic carbocycles. The number of nitrogen functional groups attached to an aromatic ring is 1. The predicted octanol–water partition coefficient (Wildman–Crippen LogP) is 1.59. The van der Waals surface area contributed by atoms with E-state index in [9.17, 15) is 5.11 Å². The summed E-state index contributed by atoms with van der Waals surface area (Å²) in [4.78, 5) is 4.30. The molecule has 0 spiro atoms. The zero-order valence-corrected chi connectivity index (χ0v) is 9.39. The summed E-state index contributed by atoms with van der Waals surface area (Å²) < 4.78 is 5.53. The molecule has 0 bridgehead atoms. The molecule has 0 aliphatic heterocycles. The van der Waals surface area contributed by atoms with E-state index < -0.39 is 0 Å². The summed E-state index contributed by atoms with van der Waals surface area (Å²) in [6, 6.07) is 5.92. The molecule has 4 N–H and O–H groups in total. The van der Waals surface area contributed by atoms with Crippen LogP contribution in [0, 0.1) is 5.92 Å². The number of nitrogens with one attached hydrogen (secondary N) is 1. The fourth-order valence-electron chi connectivity index (χ4n) is 2.12. The first-order valence-electron chi connectivity index (χ1n) is 5.79. The van der Waals surface area contributed by atoms with Crippen LogP contribution in [0.3, 0.4) is 0 Å². The van der Waals surface area contributed by atoms with Gasteiger partial charge in [-0.3, -0.25) is 0 Å². The lowest BCUT2D eigenvalue weighted by atomic mass is 9.82. The SMILES string of the molecule is Nc1ccc2oc(NCC3CC(O)C3)nc2c1. The van der Waals surface area contributed by atoms with Gasteiger partial charge in [0.15, 0.2) is 5.58 Å². The number of nitrogens with two attached hydrogens (primary N) is 1. The van der Waals surface area contributed by atoms with Crippen LogP contribution in [0.4, 0.5) is 11.7 Å². The number of rotatable bonds is 3. The zero-order valence-electron chi connectivity index (χ0n) is 9.39. The highest BCUT2D eigenvalue weighted by molar-refractivity contribution is 5.78. The van der Waals surface area contributed by atoms with Crippen LogP contribution >= 0.6 is 0 Å². The first-order chi connectivity index (χ1) is 8.20. The number of aliphatic hydroxyl groups is 1. The molecule has 17 heavy (non-hydrogen) atoms. The second-order valence-electron chi connectivity index (χ2n) is 4.62. The van der Waals surface area contributed by atoms with Crippen LogP contribution in [-0.4, -0.2) is 22.7 Å². The summed E-state index contributed by atoms with van der Waals surface area (Å²) in [6.07, 6.45) is 1.60. The minimum absolute atomic E-state index is 0.120. The standard InChI is InChI=1S/C12H15N3O2/c13-8-1-2-11-10(5-8)15-12(17-11)14-6-7-3-9(16)4-7/h1-2,5,7,9,16H,3-4,6,13H2,(H,14,15). The third-order valence-electron chi connectivity index (χ3n) is 3.16. The van der Waals surface area contributed by atoms with Gasteiger partial charge in [-0.15, -0.1) is 0 Å². The number of oxazole rings is 1. The maximum Gasteiger partial charge on any atom is 0.295 e. The predicted molar refractivity (Wildman–Crippen MR) is 65.6 cm³/mol. The van der Waals surface area contributed by atoms with E-state index in [0.717, 1.165) is 30.5 Å². The number of hydrogen-bond donors (Lipinski definition) is 3. The van der Waals surface area contributed by atoms with Crippen molar-refractivity contribution in [2.24, 2.45) is 5.92 Å². The van der Waals surface area contributed by atoms with E-state index in [0.29, 0.717) is 17.6 Å². The minimum atomic E-state index is -0.120. The molecule has 3 rings (SSSR count). The lowest BCUT2D eigenvalue weighted by Gasteiger charge is -2.30. The molecule has 90 valence electrons. The molecule has 5 heteroatoms. The number of fused-ring (bicyclic) bond motifs is 1. The molecule has 2 aromatic rings.